The van der Waals surface area contributed by atoms with Gasteiger partial charge in [-0.2, -0.15) is 0 Å². The number of nitrogen functional groups attached to an aromatic ring is 1. The van der Waals surface area contributed by atoms with E-state index in [0.29, 0.717) is 16.8 Å². The minimum Gasteiger partial charge on any atom is -0.479 e. The molecule has 0 atom stereocenters. The van der Waals surface area contributed by atoms with E-state index in [1.54, 1.807) is 31.2 Å². The lowest BCUT2D eigenvalue weighted by atomic mass is 10.1. The summed E-state index contributed by atoms with van der Waals surface area (Å²) in [6, 6.07) is 13.9. The van der Waals surface area contributed by atoms with Crippen LogP contribution in [-0.4, -0.2) is 16.7 Å². The first-order chi connectivity index (χ1) is 14.4. The minimum atomic E-state index is -0.864. The molecule has 1 heterocycles. The van der Waals surface area contributed by atoms with Gasteiger partial charge in [0, 0.05) is 17.3 Å². The van der Waals surface area contributed by atoms with Crippen molar-refractivity contribution in [1.29, 1.82) is 0 Å². The van der Waals surface area contributed by atoms with Crippen molar-refractivity contribution in [3.63, 3.8) is 0 Å². The zero-order chi connectivity index (χ0) is 21.7. The second-order valence-electron chi connectivity index (χ2n) is 6.15. The van der Waals surface area contributed by atoms with Crippen molar-refractivity contribution >= 4 is 23.2 Å². The number of carbonyl (C=O) groups excluding carboxylic acids is 1. The van der Waals surface area contributed by atoms with Crippen LogP contribution >= 0.6 is 0 Å². The van der Waals surface area contributed by atoms with Crippen LogP contribution < -0.4 is 16.2 Å². The summed E-state index contributed by atoms with van der Waals surface area (Å²) in [4.78, 5) is 27.4. The van der Waals surface area contributed by atoms with Crippen LogP contribution in [0.5, 0.6) is 5.75 Å². The van der Waals surface area contributed by atoms with Gasteiger partial charge in [0.2, 0.25) is 5.76 Å². The molecule has 30 heavy (non-hydrogen) atoms. The number of hydrogen-bond donors (Lipinski definition) is 2. The largest absolute Gasteiger partial charge is 0.479 e. The number of para-hydroxylation sites is 2. The molecule has 0 saturated heterocycles. The summed E-state index contributed by atoms with van der Waals surface area (Å²) in [6.45, 7) is 1.65. The highest BCUT2D eigenvalue weighted by atomic mass is 16.7. The van der Waals surface area contributed by atoms with Crippen LogP contribution in [0, 0.1) is 17.0 Å². The van der Waals surface area contributed by atoms with Crippen molar-refractivity contribution in [1.82, 2.24) is 0 Å². The van der Waals surface area contributed by atoms with Crippen molar-refractivity contribution in [2.45, 2.75) is 13.5 Å². The molecule has 3 rings (SSSR count). The Morgan fingerprint density at radius 3 is 2.70 bits per heavy atom. The molecular formula is C20H18N4O6. The standard InChI is InChI=1S/C20H18N4O6/c1-12-14(5-4-6-15(12)21)19(22)23-30-20(25)18-10-9-13(29-18)11-28-17-8-3-2-7-16(17)24(26)27/h2-10H,11,21H2,1H3,(H2,22,23). The number of anilines is 1. The fourth-order valence-corrected chi connectivity index (χ4v) is 2.56. The second kappa shape index (κ2) is 8.78. The second-order valence-corrected chi connectivity index (χ2v) is 6.15. The molecule has 0 amide bonds. The molecule has 0 aliphatic rings. The van der Waals surface area contributed by atoms with E-state index in [2.05, 4.69) is 5.16 Å². The molecule has 0 aliphatic carbocycles. The predicted molar refractivity (Wildman–Crippen MR) is 108 cm³/mol. The highest BCUT2D eigenvalue weighted by molar-refractivity contribution is 6.00. The van der Waals surface area contributed by atoms with Crippen molar-refractivity contribution < 1.29 is 23.7 Å². The van der Waals surface area contributed by atoms with Gasteiger partial charge in [-0.25, -0.2) is 4.79 Å². The third kappa shape index (κ3) is 4.55. The first-order valence-corrected chi connectivity index (χ1v) is 8.72. The molecule has 10 heteroatoms. The number of amidine groups is 1. The number of rotatable bonds is 7. The molecule has 1 aromatic heterocycles. The van der Waals surface area contributed by atoms with Crippen molar-refractivity contribution in [3.8, 4) is 5.75 Å². The van der Waals surface area contributed by atoms with Crippen LogP contribution in [0.15, 0.2) is 64.2 Å². The lowest BCUT2D eigenvalue weighted by Gasteiger charge is -2.06. The van der Waals surface area contributed by atoms with Gasteiger partial charge >= 0.3 is 11.7 Å². The van der Waals surface area contributed by atoms with Crippen molar-refractivity contribution in [2.24, 2.45) is 10.9 Å². The van der Waals surface area contributed by atoms with Crippen molar-refractivity contribution in [2.75, 3.05) is 5.73 Å². The van der Waals surface area contributed by atoms with E-state index in [4.69, 9.17) is 25.5 Å². The molecule has 3 aromatic rings. The average Bonchev–Trinajstić information content (AvgIpc) is 3.21. The summed E-state index contributed by atoms with van der Waals surface area (Å²) in [7, 11) is 0. The maximum atomic E-state index is 12.1. The number of nitrogens with zero attached hydrogens (tertiary/aromatic N) is 2. The van der Waals surface area contributed by atoms with Gasteiger partial charge < -0.3 is 25.5 Å². The van der Waals surface area contributed by atoms with Gasteiger partial charge in [0.25, 0.3) is 0 Å². The van der Waals surface area contributed by atoms with Crippen LogP contribution in [0.3, 0.4) is 0 Å². The van der Waals surface area contributed by atoms with E-state index in [9.17, 15) is 14.9 Å². The zero-order valence-corrected chi connectivity index (χ0v) is 15.9. The summed E-state index contributed by atoms with van der Waals surface area (Å²) in [5, 5.41) is 14.6. The average molecular weight is 410 g/mol. The Bertz CT molecular complexity index is 1120. The quantitative estimate of drug-likeness (QED) is 0.150. The Labute approximate surface area is 170 Å². The first kappa shape index (κ1) is 20.4. The molecule has 2 aromatic carbocycles. The highest BCUT2D eigenvalue weighted by Gasteiger charge is 2.17. The van der Waals surface area contributed by atoms with Gasteiger partial charge in [0.15, 0.2) is 11.6 Å². The molecular weight excluding hydrogens is 392 g/mol. The Hall–Kier alpha value is -4.34. The van der Waals surface area contributed by atoms with Gasteiger partial charge in [-0.15, -0.1) is 0 Å². The van der Waals surface area contributed by atoms with Gasteiger partial charge in [0.1, 0.15) is 12.4 Å². The van der Waals surface area contributed by atoms with E-state index < -0.39 is 10.9 Å². The number of nitrogens with two attached hydrogens (primary N) is 2. The van der Waals surface area contributed by atoms with Crippen molar-refractivity contribution in [3.05, 3.63) is 87.4 Å². The van der Waals surface area contributed by atoms with Gasteiger partial charge in [-0.3, -0.25) is 10.1 Å². The molecule has 0 spiro atoms. The molecule has 0 unspecified atom stereocenters. The topological polar surface area (TPSA) is 156 Å². The molecule has 0 saturated carbocycles. The summed E-state index contributed by atoms with van der Waals surface area (Å²) in [5.74, 6) is -0.658. The number of oxime groups is 1. The van der Waals surface area contributed by atoms with Gasteiger partial charge in [-0.05, 0) is 36.8 Å². The number of furan rings is 1. The Balaban J connectivity index is 1.64. The highest BCUT2D eigenvalue weighted by Crippen LogP contribution is 2.27. The zero-order valence-electron chi connectivity index (χ0n) is 15.9. The van der Waals surface area contributed by atoms with Crippen LogP contribution in [0.4, 0.5) is 11.4 Å². The SMILES string of the molecule is Cc1c(N)cccc1/C(N)=N/OC(=O)c1ccc(COc2ccccc2[N+](=O)[O-])o1. The summed E-state index contributed by atoms with van der Waals surface area (Å²) < 4.78 is 10.8. The Kier molecular flexibility index (Phi) is 5.97. The molecule has 10 nitrogen and oxygen atoms in total. The number of carbonyl (C=O) groups is 1. The molecule has 0 radical (unpaired) electrons. The fourth-order valence-electron chi connectivity index (χ4n) is 2.56. The number of nitro groups is 1. The van der Waals surface area contributed by atoms with E-state index in [-0.39, 0.29) is 35.4 Å². The summed E-state index contributed by atoms with van der Waals surface area (Å²) in [5.41, 5.74) is 13.3. The number of benzene rings is 2. The third-order valence-electron chi connectivity index (χ3n) is 4.17. The molecule has 0 aliphatic heterocycles. The third-order valence-corrected chi connectivity index (χ3v) is 4.17. The molecule has 0 fully saturated rings. The number of ether oxygens (including phenoxy) is 1. The number of nitro benzene ring substituents is 1. The van der Waals surface area contributed by atoms with Gasteiger partial charge in [-0.1, -0.05) is 29.4 Å². The summed E-state index contributed by atoms with van der Waals surface area (Å²) >= 11 is 0. The lowest BCUT2D eigenvalue weighted by molar-refractivity contribution is -0.386. The van der Waals surface area contributed by atoms with E-state index in [0.717, 1.165) is 0 Å². The van der Waals surface area contributed by atoms with Crippen LogP contribution in [0.1, 0.15) is 27.4 Å². The van der Waals surface area contributed by atoms with Crippen LogP contribution in [-0.2, 0) is 11.4 Å². The smallest absolute Gasteiger partial charge is 0.400 e. The molecule has 154 valence electrons. The maximum Gasteiger partial charge on any atom is 0.400 e. The minimum absolute atomic E-state index is 0.0142. The van der Waals surface area contributed by atoms with Crippen LogP contribution in [0.2, 0.25) is 0 Å². The van der Waals surface area contributed by atoms with E-state index in [1.165, 1.54) is 30.3 Å². The lowest BCUT2D eigenvalue weighted by Crippen LogP contribution is -2.17. The predicted octanol–water partition coefficient (Wildman–Crippen LogP) is 3.13. The Morgan fingerprint density at radius 2 is 1.93 bits per heavy atom. The maximum absolute atomic E-state index is 12.1. The monoisotopic (exact) mass is 410 g/mol. The summed E-state index contributed by atoms with van der Waals surface area (Å²) in [6.07, 6.45) is 0. The fraction of sp³-hybridized carbons (Fsp3) is 0.100. The molecule has 0 bridgehead atoms. The van der Waals surface area contributed by atoms with Gasteiger partial charge in [0.05, 0.1) is 4.92 Å². The van der Waals surface area contributed by atoms with E-state index in [1.807, 2.05) is 0 Å². The Morgan fingerprint density at radius 1 is 1.17 bits per heavy atom. The number of hydrogen-bond acceptors (Lipinski definition) is 8. The normalized spacial score (nSPS) is 11.2. The molecule has 4 N–H and O–H groups in total. The first-order valence-electron chi connectivity index (χ1n) is 8.72. The van der Waals surface area contributed by atoms with E-state index >= 15 is 0 Å². The van der Waals surface area contributed by atoms with Crippen LogP contribution in [0.25, 0.3) is 0 Å².